The summed E-state index contributed by atoms with van der Waals surface area (Å²) >= 11 is 0. The molecule has 1 heterocycles. The summed E-state index contributed by atoms with van der Waals surface area (Å²) in [6, 6.07) is -0.152. The largest absolute Gasteiger partial charge is 0.306 e. The van der Waals surface area contributed by atoms with Crippen LogP contribution in [0.4, 0.5) is 0 Å². The Kier molecular flexibility index (Phi) is 3.66. The molecular weight excluding hydrogens is 200 g/mol. The van der Waals surface area contributed by atoms with Gasteiger partial charge in [-0.1, -0.05) is 0 Å². The van der Waals surface area contributed by atoms with Gasteiger partial charge in [0.1, 0.15) is 11.0 Å². The molecule has 1 aliphatic rings. The van der Waals surface area contributed by atoms with Gasteiger partial charge in [-0.15, -0.1) is 0 Å². The first-order chi connectivity index (χ1) is 6.41. The van der Waals surface area contributed by atoms with Crippen molar-refractivity contribution in [1.29, 1.82) is 0 Å². The predicted octanol–water partition coefficient (Wildman–Crippen LogP) is 0.317. The molecule has 0 saturated carbocycles. The van der Waals surface area contributed by atoms with Crippen molar-refractivity contribution in [2.45, 2.75) is 44.4 Å². The maximum Gasteiger partial charge on any atom is 0.248 e. The smallest absolute Gasteiger partial charge is 0.248 e. The van der Waals surface area contributed by atoms with Gasteiger partial charge in [0.05, 0.1) is 10.8 Å². The summed E-state index contributed by atoms with van der Waals surface area (Å²) in [5.74, 6) is -0.143. The second-order valence-electron chi connectivity index (χ2n) is 4.50. The molecule has 1 unspecified atom stereocenters. The second kappa shape index (κ2) is 4.40. The maximum absolute atomic E-state index is 11.6. The van der Waals surface area contributed by atoms with Gasteiger partial charge in [0, 0.05) is 0 Å². The van der Waals surface area contributed by atoms with Crippen LogP contribution < -0.4 is 10.0 Å². The van der Waals surface area contributed by atoms with Gasteiger partial charge in [-0.3, -0.25) is 9.52 Å². The van der Waals surface area contributed by atoms with Crippen molar-refractivity contribution >= 4 is 16.9 Å². The Bertz CT molecular complexity index is 242. The van der Waals surface area contributed by atoms with Gasteiger partial charge in [0.15, 0.2) is 0 Å². The number of amides is 1. The van der Waals surface area contributed by atoms with Gasteiger partial charge in [-0.05, 0) is 40.2 Å². The zero-order chi connectivity index (χ0) is 10.8. The lowest BCUT2D eigenvalue weighted by atomic mass is 10.2. The first kappa shape index (κ1) is 11.7. The van der Waals surface area contributed by atoms with E-state index in [9.17, 15) is 9.00 Å². The summed E-state index contributed by atoms with van der Waals surface area (Å²) in [4.78, 5) is 11.5. The third kappa shape index (κ3) is 3.06. The fourth-order valence-corrected chi connectivity index (χ4v) is 1.86. The van der Waals surface area contributed by atoms with Gasteiger partial charge in [-0.2, -0.15) is 0 Å². The summed E-state index contributed by atoms with van der Waals surface area (Å²) in [6.45, 7) is 6.39. The predicted molar refractivity (Wildman–Crippen MR) is 57.1 cm³/mol. The van der Waals surface area contributed by atoms with Crippen LogP contribution in [0.1, 0.15) is 33.6 Å². The van der Waals surface area contributed by atoms with Gasteiger partial charge >= 0.3 is 0 Å². The number of carbonyl (C=O) groups is 1. The van der Waals surface area contributed by atoms with E-state index in [-0.39, 0.29) is 11.9 Å². The highest BCUT2D eigenvalue weighted by atomic mass is 32.2. The molecule has 0 aromatic heterocycles. The SMILES string of the molecule is CC(C)(C)S(=O)NC(=O)[C@@H]1CCCN1. The minimum atomic E-state index is -1.30. The molecule has 2 N–H and O–H groups in total. The van der Waals surface area contributed by atoms with Crippen LogP contribution >= 0.6 is 0 Å². The van der Waals surface area contributed by atoms with E-state index in [0.717, 1.165) is 19.4 Å². The number of rotatable bonds is 2. The molecule has 5 heteroatoms. The summed E-state index contributed by atoms with van der Waals surface area (Å²) < 4.78 is 13.7. The molecule has 0 aromatic rings. The monoisotopic (exact) mass is 218 g/mol. The fraction of sp³-hybridized carbons (Fsp3) is 0.889. The van der Waals surface area contributed by atoms with Crippen molar-refractivity contribution in [2.24, 2.45) is 0 Å². The highest BCUT2D eigenvalue weighted by Crippen LogP contribution is 2.10. The molecule has 1 aliphatic heterocycles. The van der Waals surface area contributed by atoms with Crippen molar-refractivity contribution in [3.63, 3.8) is 0 Å². The fourth-order valence-electron chi connectivity index (χ4n) is 1.22. The van der Waals surface area contributed by atoms with E-state index < -0.39 is 15.7 Å². The van der Waals surface area contributed by atoms with Crippen molar-refractivity contribution in [3.8, 4) is 0 Å². The molecular formula is C9H18N2O2S. The summed E-state index contributed by atoms with van der Waals surface area (Å²) in [7, 11) is -1.30. The Balaban J connectivity index is 2.44. The Morgan fingerprint density at radius 3 is 2.57 bits per heavy atom. The number of nitrogens with one attached hydrogen (secondary N) is 2. The Labute approximate surface area is 87.4 Å². The molecule has 4 nitrogen and oxygen atoms in total. The van der Waals surface area contributed by atoms with Crippen LogP contribution in [0.5, 0.6) is 0 Å². The standard InChI is InChI=1S/C9H18N2O2S/c1-9(2,3)14(13)11-8(12)7-5-4-6-10-7/h7,10H,4-6H2,1-3H3,(H,11,12)/t7-,14?/m0/s1. The van der Waals surface area contributed by atoms with Gasteiger partial charge in [-0.25, -0.2) is 4.21 Å². The van der Waals surface area contributed by atoms with Crippen LogP contribution in [-0.2, 0) is 15.8 Å². The average molecular weight is 218 g/mol. The number of carbonyl (C=O) groups excluding carboxylic acids is 1. The molecule has 14 heavy (non-hydrogen) atoms. The summed E-state index contributed by atoms with van der Waals surface area (Å²) in [6.07, 6.45) is 1.85. The molecule has 82 valence electrons. The van der Waals surface area contributed by atoms with Crippen LogP contribution in [0.25, 0.3) is 0 Å². The second-order valence-corrected chi connectivity index (χ2v) is 6.46. The normalized spacial score (nSPS) is 24.6. The Hall–Kier alpha value is -0.420. The lowest BCUT2D eigenvalue weighted by Crippen LogP contribution is -2.45. The van der Waals surface area contributed by atoms with Gasteiger partial charge < -0.3 is 5.32 Å². The lowest BCUT2D eigenvalue weighted by molar-refractivity contribution is -0.120. The minimum Gasteiger partial charge on any atom is -0.306 e. The quantitative estimate of drug-likeness (QED) is 0.701. The molecule has 0 aromatic carbocycles. The van der Waals surface area contributed by atoms with E-state index in [1.807, 2.05) is 20.8 Å². The van der Waals surface area contributed by atoms with Crippen molar-refractivity contribution in [1.82, 2.24) is 10.0 Å². The average Bonchev–Trinajstić information content (AvgIpc) is 2.53. The van der Waals surface area contributed by atoms with Crippen LogP contribution in [0.3, 0.4) is 0 Å². The molecule has 2 atom stereocenters. The summed E-state index contributed by atoms with van der Waals surface area (Å²) in [5.41, 5.74) is 0. The van der Waals surface area contributed by atoms with E-state index in [4.69, 9.17) is 0 Å². The van der Waals surface area contributed by atoms with Crippen molar-refractivity contribution < 1.29 is 9.00 Å². The van der Waals surface area contributed by atoms with E-state index in [1.54, 1.807) is 0 Å². The molecule has 1 saturated heterocycles. The van der Waals surface area contributed by atoms with E-state index >= 15 is 0 Å². The summed E-state index contributed by atoms with van der Waals surface area (Å²) in [5, 5.41) is 3.07. The van der Waals surface area contributed by atoms with Crippen molar-refractivity contribution in [3.05, 3.63) is 0 Å². The molecule has 0 spiro atoms. The molecule has 0 aliphatic carbocycles. The van der Waals surface area contributed by atoms with Crippen LogP contribution in [0, 0.1) is 0 Å². The van der Waals surface area contributed by atoms with E-state index in [2.05, 4.69) is 10.0 Å². The topological polar surface area (TPSA) is 58.2 Å². The highest BCUT2D eigenvalue weighted by molar-refractivity contribution is 7.85. The number of hydrogen-bond acceptors (Lipinski definition) is 3. The Morgan fingerprint density at radius 2 is 2.14 bits per heavy atom. The van der Waals surface area contributed by atoms with Gasteiger partial charge in [0.2, 0.25) is 5.91 Å². The molecule has 1 rings (SSSR count). The van der Waals surface area contributed by atoms with Crippen LogP contribution in [0.2, 0.25) is 0 Å². The molecule has 0 radical (unpaired) electrons. The zero-order valence-corrected chi connectivity index (χ0v) is 9.74. The zero-order valence-electron chi connectivity index (χ0n) is 8.92. The van der Waals surface area contributed by atoms with Gasteiger partial charge in [0.25, 0.3) is 0 Å². The highest BCUT2D eigenvalue weighted by Gasteiger charge is 2.27. The van der Waals surface area contributed by atoms with E-state index in [0.29, 0.717) is 0 Å². The first-order valence-electron chi connectivity index (χ1n) is 4.87. The minimum absolute atomic E-state index is 0.143. The third-order valence-electron chi connectivity index (χ3n) is 2.13. The maximum atomic E-state index is 11.6. The van der Waals surface area contributed by atoms with E-state index in [1.165, 1.54) is 0 Å². The third-order valence-corrected chi connectivity index (χ3v) is 3.63. The molecule has 0 bridgehead atoms. The van der Waals surface area contributed by atoms with Crippen molar-refractivity contribution in [2.75, 3.05) is 6.54 Å². The molecule has 1 fully saturated rings. The van der Waals surface area contributed by atoms with Crippen LogP contribution in [0.15, 0.2) is 0 Å². The molecule has 1 amide bonds. The number of hydrogen-bond donors (Lipinski definition) is 2. The van der Waals surface area contributed by atoms with Crippen LogP contribution in [-0.4, -0.2) is 27.4 Å². The first-order valence-corrected chi connectivity index (χ1v) is 6.02. The lowest BCUT2D eigenvalue weighted by Gasteiger charge is -2.19. The Morgan fingerprint density at radius 1 is 1.50 bits per heavy atom.